The van der Waals surface area contributed by atoms with Gasteiger partial charge in [0.1, 0.15) is 0 Å². The van der Waals surface area contributed by atoms with Crippen LogP contribution in [0.1, 0.15) is 131 Å². The van der Waals surface area contributed by atoms with Crippen LogP contribution in [0.25, 0.3) is 0 Å². The lowest BCUT2D eigenvalue weighted by atomic mass is 9.66. The Labute approximate surface area is 314 Å². The van der Waals surface area contributed by atoms with Gasteiger partial charge in [0, 0.05) is 0 Å². The zero-order chi connectivity index (χ0) is 37.1. The average molecular weight is 715 g/mol. The number of aryl methyl sites for hydroxylation is 3. The number of benzene rings is 2. The smallest absolute Gasteiger partial charge is 0.335 e. The van der Waals surface area contributed by atoms with E-state index in [1.54, 1.807) is 0 Å². The van der Waals surface area contributed by atoms with Crippen molar-refractivity contribution in [2.75, 3.05) is 26.4 Å². The third-order valence-electron chi connectivity index (χ3n) is 12.0. The summed E-state index contributed by atoms with van der Waals surface area (Å²) in [5.74, 6) is 2.33. The van der Waals surface area contributed by atoms with Gasteiger partial charge in [0.15, 0.2) is 0 Å². The predicted molar refractivity (Wildman–Crippen MR) is 210 cm³/mol. The maximum Gasteiger partial charge on any atom is 0.335 e. The van der Waals surface area contributed by atoms with Gasteiger partial charge in [-0.2, -0.15) is 0 Å². The first kappa shape index (κ1) is 41.5. The van der Waals surface area contributed by atoms with Gasteiger partial charge < -0.3 is 19.7 Å². The van der Waals surface area contributed by atoms with Crippen molar-refractivity contribution in [3.63, 3.8) is 0 Å². The molecule has 52 heavy (non-hydrogen) atoms. The van der Waals surface area contributed by atoms with E-state index in [0.29, 0.717) is 31.0 Å². The topological polar surface area (TPSA) is 93.1 Å². The Balaban J connectivity index is 1.18. The minimum Gasteiger partial charge on any atom is -0.462 e. The van der Waals surface area contributed by atoms with Gasteiger partial charge in [0.2, 0.25) is 0 Å². The molecule has 2 aliphatic carbocycles. The monoisotopic (exact) mass is 714 g/mol. The quantitative estimate of drug-likeness (QED) is 0.0717. The van der Waals surface area contributed by atoms with Crippen molar-refractivity contribution in [1.82, 2.24) is 0 Å². The highest BCUT2D eigenvalue weighted by Crippen LogP contribution is 2.46. The minimum atomic E-state index is -0.535. The number of aliphatic hydroxyl groups is 2. The normalized spacial score (nSPS) is 20.4. The Morgan fingerprint density at radius 1 is 0.635 bits per heavy atom. The van der Waals surface area contributed by atoms with Gasteiger partial charge in [-0.05, 0) is 155 Å². The molecule has 0 aromatic heterocycles. The van der Waals surface area contributed by atoms with Crippen LogP contribution in [0.15, 0.2) is 72.8 Å². The second-order valence-corrected chi connectivity index (χ2v) is 15.6. The number of aliphatic hydroxyl groups excluding tert-OH is 2. The molecular formula is C46H66O6. The number of rotatable bonds is 22. The van der Waals surface area contributed by atoms with E-state index in [1.165, 1.54) is 99.3 Å². The molecule has 2 aliphatic rings. The van der Waals surface area contributed by atoms with E-state index < -0.39 is 25.2 Å². The summed E-state index contributed by atoms with van der Waals surface area (Å²) < 4.78 is 10.6. The predicted octanol–water partition coefficient (Wildman–Crippen LogP) is 9.64. The van der Waals surface area contributed by atoms with E-state index in [0.717, 1.165) is 50.4 Å². The van der Waals surface area contributed by atoms with E-state index in [1.807, 2.05) is 0 Å². The Bertz CT molecular complexity index is 1330. The largest absolute Gasteiger partial charge is 0.462 e. The van der Waals surface area contributed by atoms with Crippen LogP contribution in [-0.2, 0) is 38.3 Å². The van der Waals surface area contributed by atoms with Crippen molar-refractivity contribution in [2.24, 2.45) is 23.7 Å². The molecule has 0 bridgehead atoms. The molecule has 6 nitrogen and oxygen atoms in total. The SMILES string of the molecule is C=C(CO)C(=O)OCCCC(CCCOC(=O)C(=C)CO)C1CCC(C2CCC(c3ccc(CCc4ccc(CCCCC)cc4)cc3)CC2)CC1. The molecule has 2 aromatic carbocycles. The molecule has 0 aliphatic heterocycles. The van der Waals surface area contributed by atoms with Crippen LogP contribution < -0.4 is 0 Å². The fourth-order valence-electron chi connectivity index (χ4n) is 8.68. The third-order valence-corrected chi connectivity index (χ3v) is 12.0. The number of ether oxygens (including phenoxy) is 2. The van der Waals surface area contributed by atoms with Crippen LogP contribution in [0.5, 0.6) is 0 Å². The highest BCUT2D eigenvalue weighted by molar-refractivity contribution is 5.88. The molecule has 2 N–H and O–H groups in total. The van der Waals surface area contributed by atoms with Crippen LogP contribution in [0.3, 0.4) is 0 Å². The lowest BCUT2D eigenvalue weighted by Gasteiger charge is -2.40. The third kappa shape index (κ3) is 13.6. The van der Waals surface area contributed by atoms with Gasteiger partial charge in [-0.25, -0.2) is 9.59 Å². The second-order valence-electron chi connectivity index (χ2n) is 15.6. The molecule has 2 fully saturated rings. The van der Waals surface area contributed by atoms with Crippen LogP contribution >= 0.6 is 0 Å². The summed E-state index contributed by atoms with van der Waals surface area (Å²) in [6, 6.07) is 18.8. The van der Waals surface area contributed by atoms with E-state index in [2.05, 4.69) is 68.6 Å². The van der Waals surface area contributed by atoms with Gasteiger partial charge in [-0.1, -0.05) is 81.5 Å². The van der Waals surface area contributed by atoms with Gasteiger partial charge in [-0.15, -0.1) is 0 Å². The molecule has 0 spiro atoms. The van der Waals surface area contributed by atoms with Crippen LogP contribution in [0.2, 0.25) is 0 Å². The van der Waals surface area contributed by atoms with Crippen molar-refractivity contribution in [2.45, 2.75) is 128 Å². The summed E-state index contributed by atoms with van der Waals surface area (Å²) in [5, 5.41) is 18.3. The van der Waals surface area contributed by atoms with Crippen molar-refractivity contribution >= 4 is 11.9 Å². The summed E-state index contributed by atoms with van der Waals surface area (Å²) in [5.41, 5.74) is 6.00. The number of carbonyl (C=O) groups is 2. The number of hydrogen-bond acceptors (Lipinski definition) is 6. The van der Waals surface area contributed by atoms with Gasteiger partial charge >= 0.3 is 11.9 Å². The summed E-state index contributed by atoms with van der Waals surface area (Å²) in [6.07, 6.45) is 20.9. The highest BCUT2D eigenvalue weighted by Gasteiger charge is 2.33. The zero-order valence-electron chi connectivity index (χ0n) is 32.0. The van der Waals surface area contributed by atoms with Crippen molar-refractivity contribution in [3.8, 4) is 0 Å². The van der Waals surface area contributed by atoms with E-state index >= 15 is 0 Å². The van der Waals surface area contributed by atoms with Crippen molar-refractivity contribution in [1.29, 1.82) is 0 Å². The first-order chi connectivity index (χ1) is 25.3. The molecule has 2 aromatic rings. The van der Waals surface area contributed by atoms with E-state index in [9.17, 15) is 9.59 Å². The second kappa shape index (κ2) is 22.8. The van der Waals surface area contributed by atoms with Crippen LogP contribution in [-0.4, -0.2) is 48.6 Å². The standard InChI is InChI=1S/C46H66O6/c1-4-5-6-9-36-12-14-37(15-13-36)16-17-38-18-20-40(21-19-38)42-26-28-44(29-27-42)43-24-22-41(23-25-43)39(10-7-30-51-45(49)34(2)32-47)11-8-31-52-46(50)35(3)33-48/h12-15,18-21,39,41-44,47-48H,2-11,16-17,22-33H2,1H3. The summed E-state index contributed by atoms with van der Waals surface area (Å²) in [4.78, 5) is 23.8. The molecule has 0 radical (unpaired) electrons. The molecule has 0 atom stereocenters. The number of unbranched alkanes of at least 4 members (excludes halogenated alkanes) is 2. The molecule has 4 rings (SSSR count). The Morgan fingerprint density at radius 3 is 1.54 bits per heavy atom. The maximum atomic E-state index is 11.9. The fraction of sp³-hybridized carbons (Fsp3) is 0.609. The number of carbonyl (C=O) groups excluding carboxylic acids is 2. The molecule has 2 saturated carbocycles. The summed E-state index contributed by atoms with van der Waals surface area (Å²) in [7, 11) is 0. The molecule has 0 amide bonds. The summed E-state index contributed by atoms with van der Waals surface area (Å²) in [6.45, 7) is 9.20. The molecular weight excluding hydrogens is 649 g/mol. The lowest BCUT2D eigenvalue weighted by Crippen LogP contribution is -2.28. The Morgan fingerprint density at radius 2 is 1.08 bits per heavy atom. The van der Waals surface area contributed by atoms with Crippen molar-refractivity contribution < 1.29 is 29.3 Å². The maximum absolute atomic E-state index is 11.9. The Kier molecular flexibility index (Phi) is 18.2. The van der Waals surface area contributed by atoms with Gasteiger partial charge in [0.05, 0.1) is 37.6 Å². The Hall–Kier alpha value is -3.22. The molecule has 0 heterocycles. The van der Waals surface area contributed by atoms with E-state index in [4.69, 9.17) is 19.7 Å². The molecule has 0 unspecified atom stereocenters. The zero-order valence-corrected chi connectivity index (χ0v) is 32.0. The first-order valence-corrected chi connectivity index (χ1v) is 20.4. The first-order valence-electron chi connectivity index (χ1n) is 20.4. The van der Waals surface area contributed by atoms with E-state index in [-0.39, 0.29) is 11.1 Å². The van der Waals surface area contributed by atoms with Gasteiger partial charge in [0.25, 0.3) is 0 Å². The summed E-state index contributed by atoms with van der Waals surface area (Å²) >= 11 is 0. The van der Waals surface area contributed by atoms with Crippen LogP contribution in [0.4, 0.5) is 0 Å². The molecule has 286 valence electrons. The number of hydrogen-bond donors (Lipinski definition) is 2. The minimum absolute atomic E-state index is 0.0776. The van der Waals surface area contributed by atoms with Gasteiger partial charge in [-0.3, -0.25) is 0 Å². The number of esters is 2. The average Bonchev–Trinajstić information content (AvgIpc) is 3.19. The molecule has 6 heteroatoms. The van der Waals surface area contributed by atoms with Crippen molar-refractivity contribution in [3.05, 3.63) is 95.1 Å². The molecule has 0 saturated heterocycles. The lowest BCUT2D eigenvalue weighted by molar-refractivity contribution is -0.140. The van der Waals surface area contributed by atoms with Crippen LogP contribution in [0, 0.1) is 23.7 Å². The fourth-order valence-corrected chi connectivity index (χ4v) is 8.68. The highest BCUT2D eigenvalue weighted by atomic mass is 16.5.